The first-order valence-corrected chi connectivity index (χ1v) is 7.32. The summed E-state index contributed by atoms with van der Waals surface area (Å²) >= 11 is 0. The maximum absolute atomic E-state index is 11.7. The summed E-state index contributed by atoms with van der Waals surface area (Å²) in [5.41, 5.74) is -1.14. The molecular weight excluding hydrogens is 262 g/mol. The number of carboxylic acid groups (broad SMARTS) is 1. The van der Waals surface area contributed by atoms with Crippen molar-refractivity contribution in [3.63, 3.8) is 0 Å². The second-order valence-corrected chi connectivity index (χ2v) is 5.63. The second kappa shape index (κ2) is 7.04. The summed E-state index contributed by atoms with van der Waals surface area (Å²) in [5.74, 6) is -0.778. The summed E-state index contributed by atoms with van der Waals surface area (Å²) in [6.45, 7) is 3.46. The molecule has 1 heterocycles. The van der Waals surface area contributed by atoms with Gasteiger partial charge in [0.05, 0.1) is 0 Å². The first kappa shape index (κ1) is 15.3. The van der Waals surface area contributed by atoms with Crippen molar-refractivity contribution < 1.29 is 24.2 Å². The Morgan fingerprint density at radius 3 is 2.60 bits per heavy atom. The number of hydrogen-bond acceptors (Lipinski definition) is 4. The molecule has 2 aliphatic rings. The number of aliphatic carboxylic acids is 1. The normalized spacial score (nSPS) is 21.4. The number of rotatable bonds is 8. The zero-order valence-corrected chi connectivity index (χ0v) is 11.7. The molecule has 0 spiro atoms. The van der Waals surface area contributed by atoms with Gasteiger partial charge < -0.3 is 19.9 Å². The highest BCUT2D eigenvalue weighted by Crippen LogP contribution is 2.45. The molecule has 2 N–H and O–H groups in total. The molecule has 1 amide bonds. The Hall–Kier alpha value is -1.14. The monoisotopic (exact) mass is 285 g/mol. The van der Waals surface area contributed by atoms with Gasteiger partial charge in [-0.3, -0.25) is 9.59 Å². The minimum Gasteiger partial charge on any atom is -0.480 e. The van der Waals surface area contributed by atoms with Gasteiger partial charge in [-0.15, -0.1) is 0 Å². The van der Waals surface area contributed by atoms with Gasteiger partial charge in [-0.05, 0) is 38.0 Å². The van der Waals surface area contributed by atoms with Crippen molar-refractivity contribution in [1.82, 2.24) is 5.32 Å². The molecule has 6 heteroatoms. The van der Waals surface area contributed by atoms with E-state index in [0.717, 1.165) is 32.7 Å². The lowest BCUT2D eigenvalue weighted by Gasteiger charge is -2.21. The van der Waals surface area contributed by atoms with Crippen molar-refractivity contribution in [1.29, 1.82) is 0 Å². The second-order valence-electron chi connectivity index (χ2n) is 5.63. The molecular formula is C14H23NO5. The third kappa shape index (κ3) is 3.93. The minimum atomic E-state index is -1.14. The van der Waals surface area contributed by atoms with E-state index in [1.165, 1.54) is 0 Å². The van der Waals surface area contributed by atoms with Crippen LogP contribution in [0.1, 0.15) is 32.1 Å². The molecule has 2 rings (SSSR count). The van der Waals surface area contributed by atoms with Gasteiger partial charge in [0.2, 0.25) is 5.91 Å². The quantitative estimate of drug-likeness (QED) is 0.509. The lowest BCUT2D eigenvalue weighted by atomic mass is 10.0. The summed E-state index contributed by atoms with van der Waals surface area (Å²) in [7, 11) is 0. The minimum absolute atomic E-state index is 0.352. The van der Waals surface area contributed by atoms with Crippen molar-refractivity contribution in [2.24, 2.45) is 11.3 Å². The molecule has 1 aliphatic heterocycles. The summed E-state index contributed by atoms with van der Waals surface area (Å²) in [6.07, 6.45) is 3.73. The van der Waals surface area contributed by atoms with Crippen LogP contribution < -0.4 is 5.32 Å². The average molecular weight is 285 g/mol. The molecule has 2 fully saturated rings. The topological polar surface area (TPSA) is 84.9 Å². The molecule has 1 saturated carbocycles. The maximum Gasteiger partial charge on any atom is 0.319 e. The summed E-state index contributed by atoms with van der Waals surface area (Å²) in [5, 5.41) is 11.6. The highest BCUT2D eigenvalue weighted by Gasteiger charge is 2.56. The largest absolute Gasteiger partial charge is 0.480 e. The SMILES string of the molecule is O=C(O)C1(C(=O)NCCCOCC2CCOCC2)CC1. The molecule has 20 heavy (non-hydrogen) atoms. The zero-order chi connectivity index (χ0) is 14.4. The Morgan fingerprint density at radius 1 is 1.30 bits per heavy atom. The molecule has 0 aromatic carbocycles. The number of carbonyl (C=O) groups excluding carboxylic acids is 1. The predicted octanol–water partition coefficient (Wildman–Crippen LogP) is 0.801. The third-order valence-electron chi connectivity index (χ3n) is 4.04. The van der Waals surface area contributed by atoms with Crippen LogP contribution in [0, 0.1) is 11.3 Å². The van der Waals surface area contributed by atoms with E-state index >= 15 is 0 Å². The standard InChI is InChI=1S/C14H23NO5/c16-12(14(4-5-14)13(17)18)15-6-1-7-20-10-11-2-8-19-9-3-11/h11H,1-10H2,(H,15,16)(H,17,18). The third-order valence-corrected chi connectivity index (χ3v) is 4.04. The van der Waals surface area contributed by atoms with Crippen LogP contribution in [0.4, 0.5) is 0 Å². The van der Waals surface area contributed by atoms with Crippen molar-refractivity contribution >= 4 is 11.9 Å². The molecule has 114 valence electrons. The lowest BCUT2D eigenvalue weighted by molar-refractivity contribution is -0.149. The molecule has 0 unspecified atom stereocenters. The molecule has 0 atom stereocenters. The van der Waals surface area contributed by atoms with Gasteiger partial charge in [0.1, 0.15) is 5.41 Å². The van der Waals surface area contributed by atoms with E-state index in [4.69, 9.17) is 14.6 Å². The van der Waals surface area contributed by atoms with Crippen molar-refractivity contribution in [2.75, 3.05) is 33.0 Å². The van der Waals surface area contributed by atoms with Crippen LogP contribution in [0.15, 0.2) is 0 Å². The maximum atomic E-state index is 11.7. The van der Waals surface area contributed by atoms with Gasteiger partial charge in [-0.2, -0.15) is 0 Å². The van der Waals surface area contributed by atoms with E-state index in [2.05, 4.69) is 5.32 Å². The Labute approximate surface area is 118 Å². The van der Waals surface area contributed by atoms with Crippen LogP contribution in [0.3, 0.4) is 0 Å². The summed E-state index contributed by atoms with van der Waals surface area (Å²) < 4.78 is 10.9. The lowest BCUT2D eigenvalue weighted by Crippen LogP contribution is -2.37. The molecule has 0 aromatic heterocycles. The smallest absolute Gasteiger partial charge is 0.319 e. The number of nitrogens with one attached hydrogen (secondary N) is 1. The van der Waals surface area contributed by atoms with E-state index in [0.29, 0.717) is 38.3 Å². The van der Waals surface area contributed by atoms with Crippen LogP contribution in [-0.4, -0.2) is 50.0 Å². The first-order valence-electron chi connectivity index (χ1n) is 7.32. The van der Waals surface area contributed by atoms with E-state index in [1.54, 1.807) is 0 Å². The van der Waals surface area contributed by atoms with Crippen molar-refractivity contribution in [3.05, 3.63) is 0 Å². The first-order chi connectivity index (χ1) is 9.65. The fourth-order valence-corrected chi connectivity index (χ4v) is 2.37. The van der Waals surface area contributed by atoms with Crippen LogP contribution in [0.25, 0.3) is 0 Å². The van der Waals surface area contributed by atoms with Gasteiger partial charge in [-0.1, -0.05) is 0 Å². The van der Waals surface area contributed by atoms with Gasteiger partial charge in [0, 0.05) is 33.0 Å². The molecule has 6 nitrogen and oxygen atoms in total. The van der Waals surface area contributed by atoms with Crippen LogP contribution in [-0.2, 0) is 19.1 Å². The van der Waals surface area contributed by atoms with Crippen LogP contribution in [0.5, 0.6) is 0 Å². The fraction of sp³-hybridized carbons (Fsp3) is 0.857. The van der Waals surface area contributed by atoms with Crippen molar-refractivity contribution in [3.8, 4) is 0 Å². The number of amides is 1. The Bertz CT molecular complexity index is 347. The average Bonchev–Trinajstić information content (AvgIpc) is 3.25. The van der Waals surface area contributed by atoms with Crippen LogP contribution in [0.2, 0.25) is 0 Å². The highest BCUT2D eigenvalue weighted by atomic mass is 16.5. The summed E-state index contributed by atoms with van der Waals surface area (Å²) in [6, 6.07) is 0. The van der Waals surface area contributed by atoms with Crippen LogP contribution >= 0.6 is 0 Å². The van der Waals surface area contributed by atoms with E-state index < -0.39 is 11.4 Å². The highest BCUT2D eigenvalue weighted by molar-refractivity contribution is 6.04. The molecule has 0 aromatic rings. The van der Waals surface area contributed by atoms with E-state index in [9.17, 15) is 9.59 Å². The number of carboxylic acids is 1. The fourth-order valence-electron chi connectivity index (χ4n) is 2.37. The predicted molar refractivity (Wildman–Crippen MR) is 71.3 cm³/mol. The molecule has 1 saturated heterocycles. The Morgan fingerprint density at radius 2 is 2.00 bits per heavy atom. The van der Waals surface area contributed by atoms with Gasteiger partial charge >= 0.3 is 5.97 Å². The van der Waals surface area contributed by atoms with Gasteiger partial charge in [0.15, 0.2) is 0 Å². The number of ether oxygens (including phenoxy) is 2. The Balaban J connectivity index is 1.49. The van der Waals surface area contributed by atoms with Gasteiger partial charge in [-0.25, -0.2) is 0 Å². The number of hydrogen-bond donors (Lipinski definition) is 2. The molecule has 0 bridgehead atoms. The molecule has 1 aliphatic carbocycles. The van der Waals surface area contributed by atoms with E-state index in [-0.39, 0.29) is 5.91 Å². The number of carbonyl (C=O) groups is 2. The summed E-state index contributed by atoms with van der Waals surface area (Å²) in [4.78, 5) is 22.6. The Kier molecular flexibility index (Phi) is 5.37. The molecule has 0 radical (unpaired) electrons. The van der Waals surface area contributed by atoms with Crippen molar-refractivity contribution in [2.45, 2.75) is 32.1 Å². The van der Waals surface area contributed by atoms with E-state index in [1.807, 2.05) is 0 Å². The zero-order valence-electron chi connectivity index (χ0n) is 11.7. The van der Waals surface area contributed by atoms with Gasteiger partial charge in [0.25, 0.3) is 0 Å².